The molecular weight excluding hydrogens is 352 g/mol. The molecule has 0 saturated carbocycles. The molecule has 1 aliphatic rings. The lowest BCUT2D eigenvalue weighted by molar-refractivity contribution is 0.396. The molecule has 1 unspecified atom stereocenters. The van der Waals surface area contributed by atoms with Gasteiger partial charge in [-0.3, -0.25) is 4.99 Å². The van der Waals surface area contributed by atoms with Gasteiger partial charge in [-0.2, -0.15) is 4.31 Å². The van der Waals surface area contributed by atoms with E-state index in [1.54, 1.807) is 0 Å². The number of sulfonamides is 1. The van der Waals surface area contributed by atoms with Crippen molar-refractivity contribution in [2.24, 2.45) is 4.99 Å². The van der Waals surface area contributed by atoms with Crippen molar-refractivity contribution in [3.63, 3.8) is 0 Å². The Kier molecular flexibility index (Phi) is 7.94. The number of hydrogen-bond donors (Lipinski definition) is 2. The van der Waals surface area contributed by atoms with Crippen molar-refractivity contribution in [2.75, 3.05) is 37.9 Å². The van der Waals surface area contributed by atoms with Gasteiger partial charge in [0.2, 0.25) is 10.0 Å². The summed E-state index contributed by atoms with van der Waals surface area (Å²) < 4.78 is 47.5. The molecule has 0 radical (unpaired) electrons. The zero-order chi connectivity index (χ0) is 18.4. The Balaban J connectivity index is 2.65. The van der Waals surface area contributed by atoms with Crippen LogP contribution < -0.4 is 10.6 Å². The maximum absolute atomic E-state index is 11.8. The van der Waals surface area contributed by atoms with Gasteiger partial charge >= 0.3 is 0 Å². The number of nitrogens with one attached hydrogen (secondary N) is 2. The van der Waals surface area contributed by atoms with Crippen LogP contribution in [0.15, 0.2) is 4.99 Å². The highest BCUT2D eigenvalue weighted by molar-refractivity contribution is 7.90. The summed E-state index contributed by atoms with van der Waals surface area (Å²) in [7, 11) is -6.19. The molecule has 1 heterocycles. The first-order valence-corrected chi connectivity index (χ1v) is 12.1. The normalized spacial score (nSPS) is 21.7. The van der Waals surface area contributed by atoms with Crippen LogP contribution >= 0.6 is 0 Å². The van der Waals surface area contributed by atoms with E-state index in [2.05, 4.69) is 15.6 Å². The van der Waals surface area contributed by atoms with Crippen LogP contribution in [0.25, 0.3) is 0 Å². The fourth-order valence-corrected chi connectivity index (χ4v) is 4.60. The predicted molar refractivity (Wildman–Crippen MR) is 97.5 cm³/mol. The van der Waals surface area contributed by atoms with Crippen molar-refractivity contribution in [1.82, 2.24) is 14.9 Å². The summed E-state index contributed by atoms with van der Waals surface area (Å²) in [5, 5.41) is 6.28. The Morgan fingerprint density at radius 1 is 1.29 bits per heavy atom. The highest BCUT2D eigenvalue weighted by atomic mass is 32.2. The topological polar surface area (TPSA) is 108 Å². The summed E-state index contributed by atoms with van der Waals surface area (Å²) >= 11 is 0. The zero-order valence-corrected chi connectivity index (χ0v) is 16.6. The average Bonchev–Trinajstić information content (AvgIpc) is 2.90. The molecular formula is C14H30N4O4S2. The molecule has 1 aliphatic heterocycles. The van der Waals surface area contributed by atoms with Gasteiger partial charge in [0.05, 0.1) is 18.6 Å². The van der Waals surface area contributed by atoms with Crippen LogP contribution in [0, 0.1) is 0 Å². The molecule has 0 aromatic heterocycles. The van der Waals surface area contributed by atoms with E-state index in [4.69, 9.17) is 0 Å². The molecule has 10 heteroatoms. The first-order chi connectivity index (χ1) is 11.0. The molecule has 0 aliphatic carbocycles. The second-order valence-corrected chi connectivity index (χ2v) is 10.5. The smallest absolute Gasteiger partial charge is 0.211 e. The maximum atomic E-state index is 11.8. The molecule has 0 spiro atoms. The van der Waals surface area contributed by atoms with Crippen molar-refractivity contribution >= 4 is 25.8 Å². The first kappa shape index (κ1) is 21.2. The minimum atomic E-state index is -3.20. The quantitative estimate of drug-likeness (QED) is 0.444. The van der Waals surface area contributed by atoms with Gasteiger partial charge < -0.3 is 10.6 Å². The minimum Gasteiger partial charge on any atom is -0.357 e. The minimum absolute atomic E-state index is 0.0490. The highest BCUT2D eigenvalue weighted by Gasteiger charge is 2.31. The van der Waals surface area contributed by atoms with Crippen LogP contribution in [0.4, 0.5) is 0 Å². The van der Waals surface area contributed by atoms with Crippen molar-refractivity contribution < 1.29 is 16.8 Å². The number of nitrogens with zero attached hydrogens (tertiary/aromatic N) is 2. The SMILES string of the molecule is CCNC(=NC[C@H]1CCCN1S(C)(=O)=O)NC(C)CCS(C)(=O)=O. The Labute approximate surface area is 146 Å². The molecule has 1 saturated heterocycles. The molecule has 0 amide bonds. The van der Waals surface area contributed by atoms with Gasteiger partial charge in [0.1, 0.15) is 9.84 Å². The third-order valence-corrected chi connectivity index (χ3v) is 6.17. The van der Waals surface area contributed by atoms with E-state index in [9.17, 15) is 16.8 Å². The Morgan fingerprint density at radius 3 is 2.50 bits per heavy atom. The number of hydrogen-bond acceptors (Lipinski definition) is 5. The van der Waals surface area contributed by atoms with E-state index >= 15 is 0 Å². The van der Waals surface area contributed by atoms with Crippen LogP contribution in [0.5, 0.6) is 0 Å². The Bertz CT molecular complexity index is 631. The molecule has 0 aromatic carbocycles. The Morgan fingerprint density at radius 2 is 1.96 bits per heavy atom. The third-order valence-electron chi connectivity index (χ3n) is 3.86. The summed E-state index contributed by atoms with van der Waals surface area (Å²) in [6.45, 7) is 5.45. The number of aliphatic imine (C=N–C) groups is 1. The fraction of sp³-hybridized carbons (Fsp3) is 0.929. The summed E-state index contributed by atoms with van der Waals surface area (Å²) in [5.41, 5.74) is 0. The monoisotopic (exact) mass is 382 g/mol. The van der Waals surface area contributed by atoms with Crippen molar-refractivity contribution in [2.45, 2.75) is 45.2 Å². The maximum Gasteiger partial charge on any atom is 0.211 e. The summed E-state index contributed by atoms with van der Waals surface area (Å²) in [6.07, 6.45) is 4.59. The van der Waals surface area contributed by atoms with E-state index in [0.29, 0.717) is 32.0 Å². The standard InChI is InChI=1S/C14H30N4O4S2/c1-5-15-14(17-12(2)8-10-23(3,19)20)16-11-13-7-6-9-18(13)24(4,21)22/h12-13H,5-11H2,1-4H3,(H2,15,16,17)/t12?,13-/m1/s1. The second-order valence-electron chi connectivity index (χ2n) is 6.35. The number of sulfone groups is 1. The van der Waals surface area contributed by atoms with Gasteiger partial charge in [-0.25, -0.2) is 16.8 Å². The lowest BCUT2D eigenvalue weighted by atomic mass is 10.2. The van der Waals surface area contributed by atoms with Crippen LogP contribution in [0.1, 0.15) is 33.1 Å². The molecule has 8 nitrogen and oxygen atoms in total. The van der Waals surface area contributed by atoms with E-state index in [-0.39, 0.29) is 17.8 Å². The van der Waals surface area contributed by atoms with Crippen LogP contribution in [-0.4, -0.2) is 77.1 Å². The molecule has 24 heavy (non-hydrogen) atoms. The molecule has 0 aromatic rings. The van der Waals surface area contributed by atoms with Gasteiger partial charge in [0, 0.05) is 31.4 Å². The lowest BCUT2D eigenvalue weighted by Gasteiger charge is -2.22. The summed E-state index contributed by atoms with van der Waals surface area (Å²) in [5.74, 6) is 0.698. The largest absolute Gasteiger partial charge is 0.357 e. The zero-order valence-electron chi connectivity index (χ0n) is 14.9. The van der Waals surface area contributed by atoms with Gasteiger partial charge in [0.25, 0.3) is 0 Å². The predicted octanol–water partition coefficient (Wildman–Crippen LogP) is -0.211. The fourth-order valence-electron chi connectivity index (χ4n) is 2.64. The van der Waals surface area contributed by atoms with Gasteiger partial charge in [-0.05, 0) is 33.1 Å². The van der Waals surface area contributed by atoms with Gasteiger partial charge in [-0.1, -0.05) is 0 Å². The van der Waals surface area contributed by atoms with E-state index in [0.717, 1.165) is 12.8 Å². The van der Waals surface area contributed by atoms with Crippen LogP contribution in [0.2, 0.25) is 0 Å². The third kappa shape index (κ3) is 7.80. The first-order valence-electron chi connectivity index (χ1n) is 8.22. The summed E-state index contributed by atoms with van der Waals surface area (Å²) in [4.78, 5) is 4.48. The molecule has 142 valence electrons. The molecule has 1 rings (SSSR count). The second kappa shape index (κ2) is 9.00. The van der Waals surface area contributed by atoms with Crippen LogP contribution in [-0.2, 0) is 19.9 Å². The molecule has 0 bridgehead atoms. The summed E-state index contributed by atoms with van der Waals surface area (Å²) in [6, 6.07) is -0.158. The van der Waals surface area contributed by atoms with E-state index in [1.165, 1.54) is 16.8 Å². The van der Waals surface area contributed by atoms with Crippen molar-refractivity contribution in [1.29, 1.82) is 0 Å². The van der Waals surface area contributed by atoms with E-state index < -0.39 is 19.9 Å². The van der Waals surface area contributed by atoms with Crippen molar-refractivity contribution in [3.8, 4) is 0 Å². The van der Waals surface area contributed by atoms with E-state index in [1.807, 2.05) is 13.8 Å². The highest BCUT2D eigenvalue weighted by Crippen LogP contribution is 2.20. The molecule has 1 fully saturated rings. The van der Waals surface area contributed by atoms with Crippen LogP contribution in [0.3, 0.4) is 0 Å². The number of rotatable bonds is 8. The molecule has 2 atom stereocenters. The van der Waals surface area contributed by atoms with Gasteiger partial charge in [0.15, 0.2) is 5.96 Å². The average molecular weight is 383 g/mol. The Hall–Kier alpha value is -0.870. The number of guanidine groups is 1. The molecule has 2 N–H and O–H groups in total. The van der Waals surface area contributed by atoms with Gasteiger partial charge in [-0.15, -0.1) is 0 Å². The van der Waals surface area contributed by atoms with Crippen molar-refractivity contribution in [3.05, 3.63) is 0 Å². The lowest BCUT2D eigenvalue weighted by Crippen LogP contribution is -2.44.